The van der Waals surface area contributed by atoms with Crippen LogP contribution in [0.5, 0.6) is 0 Å². The zero-order valence-corrected chi connectivity index (χ0v) is 24.5. The van der Waals surface area contributed by atoms with Gasteiger partial charge in [-0.1, -0.05) is 89.3 Å². The summed E-state index contributed by atoms with van der Waals surface area (Å²) in [5.74, 6) is -3.03. The normalized spacial score (nSPS) is 19.4. The molecule has 10 heteroatoms. The van der Waals surface area contributed by atoms with Gasteiger partial charge in [0.15, 0.2) is 0 Å². The van der Waals surface area contributed by atoms with E-state index in [1.54, 1.807) is 30.3 Å². The number of halogens is 1. The molecule has 0 radical (unpaired) electrons. The quantitative estimate of drug-likeness (QED) is 0.249. The average Bonchev–Trinajstić information content (AvgIpc) is 3.44. The van der Waals surface area contributed by atoms with E-state index >= 15 is 0 Å². The van der Waals surface area contributed by atoms with Crippen molar-refractivity contribution in [3.05, 3.63) is 122 Å². The third-order valence-electron chi connectivity index (χ3n) is 7.94. The number of amides is 3. The molecule has 2 unspecified atom stereocenters. The summed E-state index contributed by atoms with van der Waals surface area (Å²) in [7, 11) is 0. The number of carbonyl (C=O) groups excluding carboxylic acids is 3. The fourth-order valence-corrected chi connectivity index (χ4v) is 8.67. The van der Waals surface area contributed by atoms with Crippen LogP contribution in [0.4, 0.5) is 15.8 Å². The summed E-state index contributed by atoms with van der Waals surface area (Å²) in [5.41, 5.74) is 2.72. The molecule has 7 nitrogen and oxygen atoms in total. The molecule has 0 aliphatic carbocycles. The van der Waals surface area contributed by atoms with Gasteiger partial charge in [-0.05, 0) is 48.2 Å². The van der Waals surface area contributed by atoms with E-state index < -0.39 is 28.8 Å². The van der Waals surface area contributed by atoms with E-state index in [-0.39, 0.29) is 23.2 Å². The number of aromatic nitrogens is 1. The van der Waals surface area contributed by atoms with Crippen LogP contribution in [0.1, 0.15) is 21.9 Å². The zero-order valence-electron chi connectivity index (χ0n) is 22.8. The van der Waals surface area contributed by atoms with Gasteiger partial charge in [-0.15, -0.1) is 0 Å². The number of anilines is 2. The zero-order chi connectivity index (χ0) is 29.8. The number of imide groups is 1. The number of thioether (sulfide) groups is 1. The summed E-state index contributed by atoms with van der Waals surface area (Å²) >= 11 is 2.10. The Labute approximate surface area is 254 Å². The predicted molar refractivity (Wildman–Crippen MR) is 166 cm³/mol. The first-order valence-corrected chi connectivity index (χ1v) is 15.4. The molecule has 43 heavy (non-hydrogen) atoms. The van der Waals surface area contributed by atoms with Crippen LogP contribution in [0.3, 0.4) is 0 Å². The minimum Gasteiger partial charge on any atom is -0.324 e. The van der Waals surface area contributed by atoms with Crippen molar-refractivity contribution < 1.29 is 18.8 Å². The molecule has 214 valence electrons. The fraction of sp³-hybridized carbons (Fsp3) is 0.152. The molecule has 7 rings (SSSR count). The van der Waals surface area contributed by atoms with E-state index in [4.69, 9.17) is 0 Å². The Bertz CT molecular complexity index is 1980. The number of rotatable bonds is 5. The number of nitrogens with one attached hydrogen (secondary N) is 1. The number of carbonyl (C=O) groups is 3. The number of fused-ring (bicyclic) bond motifs is 3. The van der Waals surface area contributed by atoms with Gasteiger partial charge in [0, 0.05) is 21.9 Å². The average molecular weight is 610 g/mol. The highest BCUT2D eigenvalue weighted by Gasteiger charge is 2.56. The molecular formula is C33H24FN3O4S2. The second kappa shape index (κ2) is 10.6. The third kappa shape index (κ3) is 4.67. The molecule has 1 saturated heterocycles. The number of aryl methyl sites for hydroxylation is 1. The Morgan fingerprint density at radius 2 is 1.60 bits per heavy atom. The molecule has 3 heterocycles. The van der Waals surface area contributed by atoms with Crippen molar-refractivity contribution in [3.63, 3.8) is 0 Å². The Morgan fingerprint density at radius 1 is 0.884 bits per heavy atom. The molecule has 3 atom stereocenters. The van der Waals surface area contributed by atoms with Gasteiger partial charge in [0.2, 0.25) is 17.7 Å². The SMILES string of the molecule is Cc1ccc(N2C(=O)C3Sc4c(sc(=O)n4CC(=O)Nc4cccc5ccccc45)[C@H](c4ccc(F)cc4)C3C2=O)cc1. The van der Waals surface area contributed by atoms with E-state index in [9.17, 15) is 23.6 Å². The number of hydrogen-bond acceptors (Lipinski definition) is 6. The van der Waals surface area contributed by atoms with Crippen LogP contribution in [-0.4, -0.2) is 27.5 Å². The lowest BCUT2D eigenvalue weighted by Gasteiger charge is -2.30. The molecule has 0 spiro atoms. The first-order valence-electron chi connectivity index (χ1n) is 13.7. The van der Waals surface area contributed by atoms with Crippen LogP contribution >= 0.6 is 23.1 Å². The lowest BCUT2D eigenvalue weighted by atomic mass is 9.83. The summed E-state index contributed by atoms with van der Waals surface area (Å²) in [4.78, 5) is 55.9. The number of nitrogens with zero attached hydrogens (tertiary/aromatic N) is 2. The molecular weight excluding hydrogens is 586 g/mol. The van der Waals surface area contributed by atoms with Gasteiger partial charge >= 0.3 is 4.87 Å². The smallest absolute Gasteiger partial charge is 0.308 e. The van der Waals surface area contributed by atoms with Crippen LogP contribution in [0.15, 0.2) is 101 Å². The highest BCUT2D eigenvalue weighted by atomic mass is 32.2. The van der Waals surface area contributed by atoms with E-state index in [0.717, 1.165) is 39.4 Å². The second-order valence-electron chi connectivity index (χ2n) is 10.6. The van der Waals surface area contributed by atoms with Crippen molar-refractivity contribution in [2.24, 2.45) is 5.92 Å². The molecule has 1 N–H and O–H groups in total. The predicted octanol–water partition coefficient (Wildman–Crippen LogP) is 5.95. The highest BCUT2D eigenvalue weighted by Crippen LogP contribution is 2.53. The van der Waals surface area contributed by atoms with Crippen molar-refractivity contribution in [1.82, 2.24) is 4.57 Å². The lowest BCUT2D eigenvalue weighted by Crippen LogP contribution is -2.33. The van der Waals surface area contributed by atoms with Crippen LogP contribution in [0, 0.1) is 18.7 Å². The van der Waals surface area contributed by atoms with Crippen molar-refractivity contribution in [3.8, 4) is 0 Å². The Balaban J connectivity index is 1.28. The summed E-state index contributed by atoms with van der Waals surface area (Å²) in [5, 5.41) is 4.43. The monoisotopic (exact) mass is 609 g/mol. The molecule has 5 aromatic rings. The largest absolute Gasteiger partial charge is 0.324 e. The first-order chi connectivity index (χ1) is 20.8. The van der Waals surface area contributed by atoms with E-state index in [0.29, 0.717) is 26.8 Å². The number of hydrogen-bond donors (Lipinski definition) is 1. The minimum atomic E-state index is -0.822. The maximum Gasteiger partial charge on any atom is 0.308 e. The molecule has 0 bridgehead atoms. The van der Waals surface area contributed by atoms with Crippen LogP contribution in [0.25, 0.3) is 10.8 Å². The number of thiazole rings is 1. The van der Waals surface area contributed by atoms with Gasteiger partial charge in [-0.3, -0.25) is 23.7 Å². The number of benzene rings is 4. The molecule has 1 aromatic heterocycles. The van der Waals surface area contributed by atoms with Crippen molar-refractivity contribution in [2.75, 3.05) is 10.2 Å². The first kappa shape index (κ1) is 27.3. The van der Waals surface area contributed by atoms with Gasteiger partial charge in [0.1, 0.15) is 17.6 Å². The topological polar surface area (TPSA) is 88.5 Å². The molecule has 1 fully saturated rings. The molecule has 3 amide bonds. The highest BCUT2D eigenvalue weighted by molar-refractivity contribution is 8.00. The fourth-order valence-electron chi connectivity index (χ4n) is 5.90. The van der Waals surface area contributed by atoms with E-state index in [1.165, 1.54) is 21.6 Å². The van der Waals surface area contributed by atoms with Crippen molar-refractivity contribution >= 4 is 63.0 Å². The van der Waals surface area contributed by atoms with Gasteiger partial charge in [-0.2, -0.15) is 0 Å². The Morgan fingerprint density at radius 3 is 2.37 bits per heavy atom. The van der Waals surface area contributed by atoms with Gasteiger partial charge in [0.05, 0.1) is 16.6 Å². The van der Waals surface area contributed by atoms with Crippen molar-refractivity contribution in [1.29, 1.82) is 0 Å². The maximum absolute atomic E-state index is 13.9. The van der Waals surface area contributed by atoms with Crippen LogP contribution < -0.4 is 15.1 Å². The van der Waals surface area contributed by atoms with Crippen LogP contribution in [0.2, 0.25) is 0 Å². The summed E-state index contributed by atoms with van der Waals surface area (Å²) in [6.07, 6.45) is 0. The van der Waals surface area contributed by atoms with Gasteiger partial charge in [0.25, 0.3) is 0 Å². The van der Waals surface area contributed by atoms with E-state index in [1.807, 2.05) is 55.5 Å². The van der Waals surface area contributed by atoms with Crippen molar-refractivity contribution in [2.45, 2.75) is 29.7 Å². The maximum atomic E-state index is 13.9. The second-order valence-corrected chi connectivity index (χ2v) is 12.8. The third-order valence-corrected chi connectivity index (χ3v) is 10.5. The van der Waals surface area contributed by atoms with E-state index in [2.05, 4.69) is 5.32 Å². The summed E-state index contributed by atoms with van der Waals surface area (Å²) in [6, 6.07) is 26.2. The molecule has 2 aliphatic heterocycles. The standard InChI is InChI=1S/C33H24FN3O4S2/c1-18-9-15-22(16-10-18)37-30(39)27-26(20-11-13-21(34)14-12-20)29-32(42-28(27)31(37)40)36(33(41)43-29)17-25(38)35-24-8-4-6-19-5-2-3-7-23(19)24/h2-16,26-28H,17H2,1H3,(H,35,38)/t26-,27?,28?/m1/s1. The molecule has 4 aromatic carbocycles. The molecule has 0 saturated carbocycles. The lowest BCUT2D eigenvalue weighted by molar-refractivity contribution is -0.122. The Hall–Kier alpha value is -4.54. The minimum absolute atomic E-state index is 0.266. The van der Waals surface area contributed by atoms with Crippen LogP contribution in [-0.2, 0) is 20.9 Å². The molecule has 2 aliphatic rings. The summed E-state index contributed by atoms with van der Waals surface area (Å²) < 4.78 is 15.3. The van der Waals surface area contributed by atoms with Gasteiger partial charge < -0.3 is 5.32 Å². The van der Waals surface area contributed by atoms with Gasteiger partial charge in [-0.25, -0.2) is 9.29 Å². The Kier molecular flexibility index (Phi) is 6.75. The summed E-state index contributed by atoms with van der Waals surface area (Å²) in [6.45, 7) is 1.66.